The molecule has 0 radical (unpaired) electrons. The van der Waals surface area contributed by atoms with Gasteiger partial charge in [0.25, 0.3) is 0 Å². The number of carbonyl (C=O) groups excluding carboxylic acids is 1. The Morgan fingerprint density at radius 3 is 2.00 bits per heavy atom. The second-order valence-corrected chi connectivity index (χ2v) is 8.90. The van der Waals surface area contributed by atoms with Gasteiger partial charge in [0.1, 0.15) is 0 Å². The summed E-state index contributed by atoms with van der Waals surface area (Å²) < 4.78 is 6.19. The standard InChI is InChI=1S/C17H32N2O4/c1-15(2,3)14(16(4,5)6)23-10-17(7-8-17)19-13(22)11(18)9-12(20)21/h11,14H,7-10,18H2,1-6H3,(H,19,22)(H,20,21)/t11-/m0/s1. The fourth-order valence-corrected chi connectivity index (χ4v) is 3.13. The lowest BCUT2D eigenvalue weighted by Crippen LogP contribution is -2.51. The first-order valence-electron chi connectivity index (χ1n) is 8.18. The quantitative estimate of drug-likeness (QED) is 0.662. The molecule has 134 valence electrons. The zero-order valence-electron chi connectivity index (χ0n) is 15.2. The minimum atomic E-state index is -1.07. The zero-order chi connectivity index (χ0) is 18.1. The van der Waals surface area contributed by atoms with E-state index < -0.39 is 17.9 Å². The Labute approximate surface area is 139 Å². The second-order valence-electron chi connectivity index (χ2n) is 8.90. The number of carboxylic acids is 1. The zero-order valence-corrected chi connectivity index (χ0v) is 15.2. The van der Waals surface area contributed by atoms with Gasteiger partial charge in [-0.2, -0.15) is 0 Å². The smallest absolute Gasteiger partial charge is 0.305 e. The second kappa shape index (κ2) is 6.77. The van der Waals surface area contributed by atoms with Crippen LogP contribution in [0.3, 0.4) is 0 Å². The minimum Gasteiger partial charge on any atom is -0.481 e. The van der Waals surface area contributed by atoms with Crippen molar-refractivity contribution in [1.82, 2.24) is 5.32 Å². The largest absolute Gasteiger partial charge is 0.481 e. The van der Waals surface area contributed by atoms with Crippen molar-refractivity contribution in [2.24, 2.45) is 16.6 Å². The molecule has 0 spiro atoms. The SMILES string of the molecule is CC(C)(C)C(OCC1(NC(=O)[C@@H](N)CC(=O)O)CC1)C(C)(C)C. The summed E-state index contributed by atoms with van der Waals surface area (Å²) in [4.78, 5) is 22.7. The summed E-state index contributed by atoms with van der Waals surface area (Å²) in [6, 6.07) is -1.02. The maximum atomic E-state index is 12.0. The highest BCUT2D eigenvalue weighted by molar-refractivity contribution is 5.86. The lowest BCUT2D eigenvalue weighted by Gasteiger charge is -2.41. The molecule has 0 unspecified atom stereocenters. The number of carboxylic acid groups (broad SMARTS) is 1. The number of nitrogens with one attached hydrogen (secondary N) is 1. The molecule has 6 heteroatoms. The topological polar surface area (TPSA) is 102 Å². The molecule has 0 bridgehead atoms. The summed E-state index contributed by atoms with van der Waals surface area (Å²) in [5.41, 5.74) is 5.20. The molecule has 0 saturated heterocycles. The molecular weight excluding hydrogens is 296 g/mol. The summed E-state index contributed by atoms with van der Waals surface area (Å²) in [6.45, 7) is 13.3. The molecule has 0 aromatic rings. The Balaban J connectivity index is 2.62. The molecule has 1 aliphatic rings. The summed E-state index contributed by atoms with van der Waals surface area (Å²) in [5, 5.41) is 11.6. The fourth-order valence-electron chi connectivity index (χ4n) is 3.13. The normalized spacial score (nSPS) is 18.6. The number of rotatable bonds is 7. The van der Waals surface area contributed by atoms with E-state index >= 15 is 0 Å². The van der Waals surface area contributed by atoms with E-state index in [-0.39, 0.29) is 28.9 Å². The average Bonchev–Trinajstić information content (AvgIpc) is 3.04. The maximum Gasteiger partial charge on any atom is 0.305 e. The van der Waals surface area contributed by atoms with Gasteiger partial charge >= 0.3 is 5.97 Å². The van der Waals surface area contributed by atoms with Crippen LogP contribution in [0.4, 0.5) is 0 Å². The predicted molar refractivity (Wildman–Crippen MR) is 89.0 cm³/mol. The lowest BCUT2D eigenvalue weighted by atomic mass is 9.74. The van der Waals surface area contributed by atoms with Gasteiger partial charge in [0.15, 0.2) is 0 Å². The van der Waals surface area contributed by atoms with Crippen LogP contribution in [-0.2, 0) is 14.3 Å². The first-order chi connectivity index (χ1) is 10.3. The molecule has 1 amide bonds. The van der Waals surface area contributed by atoms with E-state index in [1.807, 2.05) is 0 Å². The van der Waals surface area contributed by atoms with Crippen molar-refractivity contribution in [2.45, 2.75) is 78.5 Å². The average molecular weight is 328 g/mol. The molecule has 1 saturated carbocycles. The van der Waals surface area contributed by atoms with Crippen LogP contribution in [-0.4, -0.2) is 41.3 Å². The first kappa shape index (κ1) is 19.9. The van der Waals surface area contributed by atoms with Crippen molar-refractivity contribution < 1.29 is 19.4 Å². The van der Waals surface area contributed by atoms with Gasteiger partial charge in [-0.25, -0.2) is 0 Å². The van der Waals surface area contributed by atoms with E-state index in [1.165, 1.54) is 0 Å². The summed E-state index contributed by atoms with van der Waals surface area (Å²) in [5.74, 6) is -1.49. The lowest BCUT2D eigenvalue weighted by molar-refractivity contribution is -0.140. The molecule has 0 aromatic carbocycles. The van der Waals surface area contributed by atoms with Gasteiger partial charge in [-0.3, -0.25) is 9.59 Å². The number of ether oxygens (including phenoxy) is 1. The van der Waals surface area contributed by atoms with Crippen molar-refractivity contribution in [3.8, 4) is 0 Å². The molecular formula is C17H32N2O4. The Hall–Kier alpha value is -1.14. The predicted octanol–water partition coefficient (Wildman–Crippen LogP) is 1.91. The summed E-state index contributed by atoms with van der Waals surface area (Å²) >= 11 is 0. The number of aliphatic carboxylic acids is 1. The van der Waals surface area contributed by atoms with Crippen LogP contribution in [0.15, 0.2) is 0 Å². The van der Waals surface area contributed by atoms with Gasteiger partial charge in [-0.05, 0) is 23.7 Å². The highest BCUT2D eigenvalue weighted by Crippen LogP contribution is 2.40. The monoisotopic (exact) mass is 328 g/mol. The van der Waals surface area contributed by atoms with Crippen molar-refractivity contribution in [2.75, 3.05) is 6.61 Å². The molecule has 4 N–H and O–H groups in total. The summed E-state index contributed by atoms with van der Waals surface area (Å²) in [7, 11) is 0. The van der Waals surface area contributed by atoms with E-state index in [1.54, 1.807) is 0 Å². The molecule has 0 aromatic heterocycles. The van der Waals surface area contributed by atoms with Gasteiger partial charge in [-0.1, -0.05) is 41.5 Å². The van der Waals surface area contributed by atoms with E-state index in [0.717, 1.165) is 12.8 Å². The third kappa shape index (κ3) is 6.11. The van der Waals surface area contributed by atoms with E-state index in [4.69, 9.17) is 15.6 Å². The molecule has 1 fully saturated rings. The van der Waals surface area contributed by atoms with Crippen molar-refractivity contribution in [1.29, 1.82) is 0 Å². The van der Waals surface area contributed by atoms with Crippen LogP contribution >= 0.6 is 0 Å². The molecule has 6 nitrogen and oxygen atoms in total. The molecule has 0 heterocycles. The van der Waals surface area contributed by atoms with E-state index in [0.29, 0.717) is 6.61 Å². The van der Waals surface area contributed by atoms with Crippen LogP contribution < -0.4 is 11.1 Å². The Bertz CT molecular complexity index is 430. The van der Waals surface area contributed by atoms with Crippen molar-refractivity contribution >= 4 is 11.9 Å². The van der Waals surface area contributed by atoms with Crippen LogP contribution in [0, 0.1) is 10.8 Å². The van der Waals surface area contributed by atoms with Crippen LogP contribution in [0.2, 0.25) is 0 Å². The molecule has 0 aliphatic heterocycles. The third-order valence-corrected chi connectivity index (χ3v) is 4.07. The highest BCUT2D eigenvalue weighted by atomic mass is 16.5. The van der Waals surface area contributed by atoms with Gasteiger partial charge in [-0.15, -0.1) is 0 Å². The van der Waals surface area contributed by atoms with Crippen LogP contribution in [0.1, 0.15) is 60.8 Å². The van der Waals surface area contributed by atoms with Gasteiger partial charge in [0, 0.05) is 0 Å². The number of carbonyl (C=O) groups is 2. The Morgan fingerprint density at radius 1 is 1.17 bits per heavy atom. The number of amides is 1. The Morgan fingerprint density at radius 2 is 1.65 bits per heavy atom. The summed E-state index contributed by atoms with van der Waals surface area (Å²) in [6.07, 6.45) is 1.34. The Kier molecular flexibility index (Phi) is 5.86. The van der Waals surface area contributed by atoms with Gasteiger partial charge < -0.3 is 20.9 Å². The van der Waals surface area contributed by atoms with E-state index in [9.17, 15) is 9.59 Å². The maximum absolute atomic E-state index is 12.0. The van der Waals surface area contributed by atoms with E-state index in [2.05, 4.69) is 46.9 Å². The van der Waals surface area contributed by atoms with Crippen LogP contribution in [0.25, 0.3) is 0 Å². The van der Waals surface area contributed by atoms with Crippen LogP contribution in [0.5, 0.6) is 0 Å². The van der Waals surface area contributed by atoms with Crippen molar-refractivity contribution in [3.63, 3.8) is 0 Å². The third-order valence-electron chi connectivity index (χ3n) is 4.07. The number of hydrogen-bond acceptors (Lipinski definition) is 4. The molecule has 1 aliphatic carbocycles. The van der Waals surface area contributed by atoms with Gasteiger partial charge in [0.2, 0.25) is 5.91 Å². The van der Waals surface area contributed by atoms with Gasteiger partial charge in [0.05, 0.1) is 30.7 Å². The molecule has 1 rings (SSSR count). The fraction of sp³-hybridized carbons (Fsp3) is 0.882. The first-order valence-corrected chi connectivity index (χ1v) is 8.18. The highest BCUT2D eigenvalue weighted by Gasteiger charge is 2.47. The van der Waals surface area contributed by atoms with Crippen molar-refractivity contribution in [3.05, 3.63) is 0 Å². The number of hydrogen-bond donors (Lipinski definition) is 3. The molecule has 1 atom stereocenters. The minimum absolute atomic E-state index is 0.0158. The molecule has 23 heavy (non-hydrogen) atoms. The number of nitrogens with two attached hydrogens (primary N) is 1.